The molecule has 0 saturated carbocycles. The van der Waals surface area contributed by atoms with Crippen LogP contribution in [0.25, 0.3) is 0 Å². The molecule has 16 heavy (non-hydrogen) atoms. The van der Waals surface area contributed by atoms with Crippen LogP contribution in [0.2, 0.25) is 0 Å². The highest BCUT2D eigenvalue weighted by atomic mass is 32.2. The van der Waals surface area contributed by atoms with Crippen LogP contribution < -0.4 is 10.8 Å². The summed E-state index contributed by atoms with van der Waals surface area (Å²) in [5.41, 5.74) is 6.79. The average molecular weight is 236 g/mol. The van der Waals surface area contributed by atoms with E-state index in [4.69, 9.17) is 5.73 Å². The zero-order chi connectivity index (χ0) is 11.6. The normalized spacial score (nSPS) is 12.2. The fourth-order valence-electron chi connectivity index (χ4n) is 1.07. The van der Waals surface area contributed by atoms with Crippen molar-refractivity contribution in [2.45, 2.75) is 19.8 Å². The summed E-state index contributed by atoms with van der Waals surface area (Å²) in [6, 6.07) is 9.95. The van der Waals surface area contributed by atoms with Crippen LogP contribution in [0.15, 0.2) is 35.4 Å². The Morgan fingerprint density at radius 2 is 2.19 bits per heavy atom. The third-order valence-corrected chi connectivity index (χ3v) is 2.83. The number of benzene rings is 1. The molecule has 0 heterocycles. The third-order valence-electron chi connectivity index (χ3n) is 1.95. The molecule has 3 nitrogen and oxygen atoms in total. The Morgan fingerprint density at radius 3 is 2.88 bits per heavy atom. The second-order valence-corrected chi connectivity index (χ2v) is 4.45. The molecule has 0 aliphatic rings. The van der Waals surface area contributed by atoms with Crippen LogP contribution in [0.5, 0.6) is 0 Å². The molecule has 0 amide bonds. The quantitative estimate of drug-likeness (QED) is 0.346. The Bertz CT molecular complexity index is 347. The Kier molecular flexibility index (Phi) is 6.33. The smallest absolute Gasteiger partial charge is 0.225 e. The SMILES string of the molecule is CCCCSC(N)=N[NH+]=Cc1ccccc1. The van der Waals surface area contributed by atoms with E-state index in [1.165, 1.54) is 12.8 Å². The van der Waals surface area contributed by atoms with Crippen LogP contribution in [-0.2, 0) is 0 Å². The molecule has 1 aromatic rings. The summed E-state index contributed by atoms with van der Waals surface area (Å²) in [5, 5.41) is 7.47. The lowest BCUT2D eigenvalue weighted by Gasteiger charge is -1.93. The second-order valence-electron chi connectivity index (χ2n) is 3.34. The zero-order valence-corrected chi connectivity index (χ0v) is 10.3. The molecule has 0 spiro atoms. The van der Waals surface area contributed by atoms with Gasteiger partial charge in [-0.1, -0.05) is 43.3 Å². The number of amidine groups is 1. The summed E-state index contributed by atoms with van der Waals surface area (Å²) in [4.78, 5) is 0. The molecule has 0 bridgehead atoms. The molecule has 0 aliphatic heterocycles. The lowest BCUT2D eigenvalue weighted by atomic mass is 10.2. The van der Waals surface area contributed by atoms with Gasteiger partial charge in [0, 0.05) is 16.4 Å². The van der Waals surface area contributed by atoms with Crippen LogP contribution in [-0.4, -0.2) is 17.1 Å². The van der Waals surface area contributed by atoms with Gasteiger partial charge in [-0.05, 0) is 18.6 Å². The minimum absolute atomic E-state index is 0.584. The van der Waals surface area contributed by atoms with Crippen molar-refractivity contribution in [3.05, 3.63) is 35.9 Å². The van der Waals surface area contributed by atoms with E-state index in [-0.39, 0.29) is 0 Å². The van der Waals surface area contributed by atoms with E-state index in [9.17, 15) is 0 Å². The van der Waals surface area contributed by atoms with Crippen LogP contribution in [0.4, 0.5) is 0 Å². The van der Waals surface area contributed by atoms with E-state index < -0.39 is 0 Å². The van der Waals surface area contributed by atoms with Gasteiger partial charge >= 0.3 is 0 Å². The Hall–Kier alpha value is -1.29. The third kappa shape index (κ3) is 5.56. The molecule has 0 atom stereocenters. The van der Waals surface area contributed by atoms with Gasteiger partial charge in [-0.2, -0.15) is 0 Å². The minimum Gasteiger partial charge on any atom is -0.373 e. The number of thioether (sulfide) groups is 1. The summed E-state index contributed by atoms with van der Waals surface area (Å²) < 4.78 is 0. The van der Waals surface area contributed by atoms with Crippen molar-refractivity contribution in [3.63, 3.8) is 0 Å². The Balaban J connectivity index is 2.37. The summed E-state index contributed by atoms with van der Waals surface area (Å²) in [7, 11) is 0. The highest BCUT2D eigenvalue weighted by Crippen LogP contribution is 2.02. The minimum atomic E-state index is 0.584. The lowest BCUT2D eigenvalue weighted by molar-refractivity contribution is -0.456. The highest BCUT2D eigenvalue weighted by molar-refractivity contribution is 8.13. The van der Waals surface area contributed by atoms with Crippen LogP contribution in [0.1, 0.15) is 25.3 Å². The van der Waals surface area contributed by atoms with Crippen molar-refractivity contribution in [3.8, 4) is 0 Å². The van der Waals surface area contributed by atoms with E-state index in [1.54, 1.807) is 11.8 Å². The Morgan fingerprint density at radius 1 is 1.44 bits per heavy atom. The molecule has 1 rings (SSSR count). The fraction of sp³-hybridized carbons (Fsp3) is 0.333. The van der Waals surface area contributed by atoms with Gasteiger partial charge in [-0.15, -0.1) is 5.10 Å². The van der Waals surface area contributed by atoms with Crippen LogP contribution in [0.3, 0.4) is 0 Å². The van der Waals surface area contributed by atoms with Gasteiger partial charge in [0.25, 0.3) is 0 Å². The summed E-state index contributed by atoms with van der Waals surface area (Å²) in [5.74, 6) is 1.03. The number of nitrogens with zero attached hydrogens (tertiary/aromatic N) is 1. The van der Waals surface area contributed by atoms with Gasteiger partial charge < -0.3 is 5.73 Å². The molecule has 0 unspecified atom stereocenters. The van der Waals surface area contributed by atoms with Crippen molar-refractivity contribution in [2.24, 2.45) is 10.8 Å². The number of unbranched alkanes of at least 4 members (excludes halogenated alkanes) is 1. The first kappa shape index (κ1) is 12.8. The molecule has 3 N–H and O–H groups in total. The van der Waals surface area contributed by atoms with Gasteiger partial charge in [0.05, 0.1) is 0 Å². The zero-order valence-electron chi connectivity index (χ0n) is 9.52. The number of nitrogens with one attached hydrogen (secondary N) is 1. The molecular weight excluding hydrogens is 218 g/mol. The van der Waals surface area contributed by atoms with Gasteiger partial charge in [0.1, 0.15) is 0 Å². The maximum Gasteiger partial charge on any atom is 0.225 e. The summed E-state index contributed by atoms with van der Waals surface area (Å²) in [6.45, 7) is 2.16. The number of hydrazone groups is 1. The molecular formula is C12H18N3S+. The first-order valence-corrected chi connectivity index (χ1v) is 6.41. The van der Waals surface area contributed by atoms with Crippen molar-refractivity contribution in [2.75, 3.05) is 5.75 Å². The molecule has 0 aromatic heterocycles. The number of nitrogens with two attached hydrogens (primary N) is 1. The van der Waals surface area contributed by atoms with Crippen molar-refractivity contribution in [1.82, 2.24) is 0 Å². The first-order chi connectivity index (χ1) is 7.83. The van der Waals surface area contributed by atoms with E-state index >= 15 is 0 Å². The molecule has 1 aromatic carbocycles. The fourth-order valence-corrected chi connectivity index (χ4v) is 1.83. The van der Waals surface area contributed by atoms with E-state index in [1.807, 2.05) is 36.5 Å². The number of hydrogen-bond acceptors (Lipinski definition) is 2. The number of hydrogen-bond donors (Lipinski definition) is 2. The largest absolute Gasteiger partial charge is 0.373 e. The van der Waals surface area contributed by atoms with Gasteiger partial charge in [-0.25, -0.2) is 0 Å². The molecule has 0 fully saturated rings. The molecule has 4 heteroatoms. The van der Waals surface area contributed by atoms with Gasteiger partial charge in [-0.3, -0.25) is 0 Å². The second kappa shape index (κ2) is 7.93. The van der Waals surface area contributed by atoms with Gasteiger partial charge in [0.2, 0.25) is 11.4 Å². The van der Waals surface area contributed by atoms with Gasteiger partial charge in [0.15, 0.2) is 0 Å². The first-order valence-electron chi connectivity index (χ1n) is 5.42. The average Bonchev–Trinajstić information content (AvgIpc) is 2.31. The molecule has 86 valence electrons. The van der Waals surface area contributed by atoms with E-state index in [2.05, 4.69) is 17.1 Å². The van der Waals surface area contributed by atoms with Crippen LogP contribution in [0, 0.1) is 0 Å². The van der Waals surface area contributed by atoms with E-state index in [0.29, 0.717) is 5.17 Å². The summed E-state index contributed by atoms with van der Waals surface area (Å²) in [6.07, 6.45) is 4.18. The topological polar surface area (TPSA) is 52.3 Å². The maximum absolute atomic E-state index is 5.71. The van der Waals surface area contributed by atoms with Crippen molar-refractivity contribution >= 4 is 23.1 Å². The Labute approximate surface area is 101 Å². The van der Waals surface area contributed by atoms with Crippen molar-refractivity contribution in [1.29, 1.82) is 0 Å². The monoisotopic (exact) mass is 236 g/mol. The molecule has 0 radical (unpaired) electrons. The lowest BCUT2D eigenvalue weighted by Crippen LogP contribution is -2.62. The molecule has 0 saturated heterocycles. The van der Waals surface area contributed by atoms with E-state index in [0.717, 1.165) is 11.3 Å². The molecule has 0 aliphatic carbocycles. The predicted octanol–water partition coefficient (Wildman–Crippen LogP) is 0.949. The predicted molar refractivity (Wildman–Crippen MR) is 71.6 cm³/mol. The maximum atomic E-state index is 5.71. The van der Waals surface area contributed by atoms with Crippen molar-refractivity contribution < 1.29 is 5.10 Å². The van der Waals surface area contributed by atoms with Crippen LogP contribution >= 0.6 is 11.8 Å². The summed E-state index contributed by atoms with van der Waals surface area (Å²) >= 11 is 1.58. The number of rotatable bonds is 5. The standard InChI is InChI=1S/C12H17N3S/c1-2-3-9-16-12(13)15-14-10-11-7-5-4-6-8-11/h4-8,10H,2-3,9H2,1H3,(H2,13,15)/p+1. The highest BCUT2D eigenvalue weighted by Gasteiger charge is 1.95.